The summed E-state index contributed by atoms with van der Waals surface area (Å²) in [4.78, 5) is 31.9. The van der Waals surface area contributed by atoms with Gasteiger partial charge >= 0.3 is 6.18 Å². The summed E-state index contributed by atoms with van der Waals surface area (Å²) in [6.45, 7) is 1.57. The summed E-state index contributed by atoms with van der Waals surface area (Å²) in [5.41, 5.74) is 1.44. The van der Waals surface area contributed by atoms with Gasteiger partial charge in [0.05, 0.1) is 24.5 Å². The molecule has 194 valence electrons. The summed E-state index contributed by atoms with van der Waals surface area (Å²) in [5, 5.41) is 9.68. The highest BCUT2D eigenvalue weighted by molar-refractivity contribution is 5.94. The van der Waals surface area contributed by atoms with Gasteiger partial charge in [0, 0.05) is 29.3 Å². The van der Waals surface area contributed by atoms with E-state index in [2.05, 4.69) is 20.5 Å². The second-order valence-corrected chi connectivity index (χ2v) is 9.88. The number of ether oxygens (including phenoxy) is 1. The van der Waals surface area contributed by atoms with Gasteiger partial charge in [0.15, 0.2) is 11.9 Å². The topological polar surface area (TPSA) is 100 Å². The third kappa shape index (κ3) is 4.82. The van der Waals surface area contributed by atoms with Crippen molar-refractivity contribution in [3.05, 3.63) is 35.5 Å². The van der Waals surface area contributed by atoms with E-state index in [4.69, 9.17) is 4.74 Å². The molecule has 2 aromatic heterocycles. The predicted octanol–water partition coefficient (Wildman–Crippen LogP) is 3.53. The van der Waals surface area contributed by atoms with Crippen LogP contribution >= 0.6 is 0 Å². The smallest absolute Gasteiger partial charge is 0.367 e. The number of carbonyl (C=O) groups excluding carboxylic acids is 2. The lowest BCUT2D eigenvalue weighted by atomic mass is 9.89. The Morgan fingerprint density at radius 3 is 2.50 bits per heavy atom. The Kier molecular flexibility index (Phi) is 6.48. The molecule has 12 heteroatoms. The fourth-order valence-electron chi connectivity index (χ4n) is 5.61. The number of halogens is 4. The van der Waals surface area contributed by atoms with Crippen LogP contribution in [0.5, 0.6) is 0 Å². The molecule has 5 rings (SSSR count). The van der Waals surface area contributed by atoms with Crippen LogP contribution in [0.2, 0.25) is 0 Å². The number of hydrogen-bond donors (Lipinski definition) is 2. The number of aromatic nitrogens is 3. The maximum Gasteiger partial charge on any atom is 0.414 e. The number of nitrogens with one attached hydrogen (secondary N) is 2. The van der Waals surface area contributed by atoms with Crippen molar-refractivity contribution in [3.8, 4) is 11.3 Å². The van der Waals surface area contributed by atoms with Gasteiger partial charge in [0.25, 0.3) is 5.91 Å². The molecule has 0 aliphatic carbocycles. The van der Waals surface area contributed by atoms with Crippen LogP contribution in [-0.2, 0) is 9.53 Å². The number of nitrogens with zero attached hydrogens (tertiary/aromatic N) is 3. The fraction of sp³-hybridized carbons (Fsp3) is 0.583. The van der Waals surface area contributed by atoms with Gasteiger partial charge in [-0.3, -0.25) is 19.7 Å². The molecule has 3 aliphatic heterocycles. The number of rotatable bonds is 4. The fourth-order valence-corrected chi connectivity index (χ4v) is 5.61. The molecule has 3 saturated heterocycles. The van der Waals surface area contributed by atoms with E-state index in [1.165, 1.54) is 6.07 Å². The summed E-state index contributed by atoms with van der Waals surface area (Å²) in [6.07, 6.45) is -2.55. The number of aryl methyl sites for hydroxylation is 1. The van der Waals surface area contributed by atoms with Gasteiger partial charge in [-0.2, -0.15) is 18.3 Å². The molecule has 0 aromatic carbocycles. The molecule has 2 N–H and O–H groups in total. The molecule has 5 heterocycles. The van der Waals surface area contributed by atoms with Gasteiger partial charge in [0.1, 0.15) is 5.69 Å². The van der Waals surface area contributed by atoms with Gasteiger partial charge in [-0.1, -0.05) is 0 Å². The third-order valence-corrected chi connectivity index (χ3v) is 7.40. The van der Waals surface area contributed by atoms with E-state index in [-0.39, 0.29) is 60.5 Å². The van der Waals surface area contributed by atoms with Gasteiger partial charge in [0.2, 0.25) is 5.91 Å². The van der Waals surface area contributed by atoms with Crippen molar-refractivity contribution in [1.29, 1.82) is 0 Å². The standard InChI is InChI=1S/C24H27F4N5O3/c1-12-6-17(18(25)10-29-12)19-9-20(32-31-19)23(35)33-15-3-4-16(33)8-13(7-15)22(34)30-14-2-5-21(36-11-14)24(26,27)28/h6,9-10,13-16,21H,2-5,7-8,11H2,1H3,(H,30,34)(H,31,32)/t13?,14-,15-,16+,21+/m1/s1. The van der Waals surface area contributed by atoms with Crippen LogP contribution in [-0.4, -0.2) is 68.9 Å². The Balaban J connectivity index is 1.20. The number of pyridine rings is 1. The molecule has 0 spiro atoms. The first-order valence-corrected chi connectivity index (χ1v) is 12.1. The lowest BCUT2D eigenvalue weighted by Gasteiger charge is -2.39. The first-order chi connectivity index (χ1) is 17.1. The zero-order chi connectivity index (χ0) is 25.6. The summed E-state index contributed by atoms with van der Waals surface area (Å²) in [7, 11) is 0. The van der Waals surface area contributed by atoms with E-state index in [0.717, 1.165) is 19.0 Å². The average Bonchev–Trinajstić information content (AvgIpc) is 3.42. The van der Waals surface area contributed by atoms with Crippen molar-refractivity contribution >= 4 is 11.8 Å². The molecule has 36 heavy (non-hydrogen) atoms. The van der Waals surface area contributed by atoms with Gasteiger partial charge in [-0.25, -0.2) is 4.39 Å². The average molecular weight is 510 g/mol. The number of piperidine rings is 1. The molecule has 2 amide bonds. The van der Waals surface area contributed by atoms with E-state index < -0.39 is 24.1 Å². The Morgan fingerprint density at radius 1 is 1.14 bits per heavy atom. The highest BCUT2D eigenvalue weighted by atomic mass is 19.4. The molecule has 0 saturated carbocycles. The highest BCUT2D eigenvalue weighted by Gasteiger charge is 2.47. The molecule has 2 aromatic rings. The highest BCUT2D eigenvalue weighted by Crippen LogP contribution is 2.40. The van der Waals surface area contributed by atoms with Gasteiger partial charge < -0.3 is 15.0 Å². The van der Waals surface area contributed by atoms with E-state index in [0.29, 0.717) is 24.2 Å². The number of alkyl halides is 3. The van der Waals surface area contributed by atoms with Crippen LogP contribution in [0, 0.1) is 18.7 Å². The zero-order valence-electron chi connectivity index (χ0n) is 19.6. The van der Waals surface area contributed by atoms with E-state index in [1.807, 2.05) is 0 Å². The van der Waals surface area contributed by atoms with Crippen molar-refractivity contribution in [2.75, 3.05) is 6.61 Å². The van der Waals surface area contributed by atoms with Crippen LogP contribution in [0.4, 0.5) is 17.6 Å². The minimum absolute atomic E-state index is 0.129. The van der Waals surface area contributed by atoms with Crippen LogP contribution < -0.4 is 5.32 Å². The third-order valence-electron chi connectivity index (χ3n) is 7.40. The number of aromatic amines is 1. The van der Waals surface area contributed by atoms with Crippen LogP contribution in [0.25, 0.3) is 11.3 Å². The largest absolute Gasteiger partial charge is 0.414 e. The van der Waals surface area contributed by atoms with Crippen LogP contribution in [0.3, 0.4) is 0 Å². The zero-order valence-corrected chi connectivity index (χ0v) is 19.6. The van der Waals surface area contributed by atoms with E-state index >= 15 is 0 Å². The lowest BCUT2D eigenvalue weighted by Crippen LogP contribution is -2.52. The molecule has 8 nitrogen and oxygen atoms in total. The Hall–Kier alpha value is -3.02. The SMILES string of the molecule is Cc1cc(-c2cc(C(=O)N3[C@@H]4CC[C@H]3CC(C(=O)N[C@@H]3CC[C@@H](C(F)(F)F)OC3)C4)[nH]n2)c(F)cn1. The van der Waals surface area contributed by atoms with Crippen molar-refractivity contribution in [2.45, 2.75) is 75.9 Å². The molecule has 1 unspecified atom stereocenters. The van der Waals surface area contributed by atoms with Crippen LogP contribution in [0.15, 0.2) is 18.3 Å². The van der Waals surface area contributed by atoms with Crippen molar-refractivity contribution in [2.24, 2.45) is 5.92 Å². The molecule has 3 fully saturated rings. The summed E-state index contributed by atoms with van der Waals surface area (Å²) in [5.74, 6) is -1.30. The Labute approximate surface area is 204 Å². The van der Waals surface area contributed by atoms with Gasteiger partial charge in [-0.15, -0.1) is 0 Å². The first-order valence-electron chi connectivity index (χ1n) is 12.1. The predicted molar refractivity (Wildman–Crippen MR) is 119 cm³/mol. The minimum Gasteiger partial charge on any atom is -0.367 e. The molecule has 0 radical (unpaired) electrons. The quantitative estimate of drug-likeness (QED) is 0.615. The summed E-state index contributed by atoms with van der Waals surface area (Å²) < 4.78 is 57.5. The van der Waals surface area contributed by atoms with E-state index in [9.17, 15) is 27.2 Å². The lowest BCUT2D eigenvalue weighted by molar-refractivity contribution is -0.232. The molecular weight excluding hydrogens is 482 g/mol. The maximum atomic E-state index is 14.2. The van der Waals surface area contributed by atoms with Gasteiger partial charge in [-0.05, 0) is 57.6 Å². The number of fused-ring (bicyclic) bond motifs is 2. The monoisotopic (exact) mass is 509 g/mol. The van der Waals surface area contributed by atoms with E-state index in [1.54, 1.807) is 17.9 Å². The Bertz CT molecular complexity index is 1130. The van der Waals surface area contributed by atoms with Crippen molar-refractivity contribution < 1.29 is 31.9 Å². The minimum atomic E-state index is -4.39. The number of H-pyrrole nitrogens is 1. The summed E-state index contributed by atoms with van der Waals surface area (Å²) >= 11 is 0. The molecule has 5 atom stereocenters. The Morgan fingerprint density at radius 2 is 1.86 bits per heavy atom. The van der Waals surface area contributed by atoms with Crippen LogP contribution in [0.1, 0.15) is 54.7 Å². The molecular formula is C24H27F4N5O3. The number of carbonyl (C=O) groups is 2. The normalized spacial score (nSPS) is 28.2. The second-order valence-electron chi connectivity index (χ2n) is 9.88. The number of amides is 2. The first kappa shape index (κ1) is 24.7. The van der Waals surface area contributed by atoms with Crippen molar-refractivity contribution in [3.63, 3.8) is 0 Å². The summed E-state index contributed by atoms with van der Waals surface area (Å²) in [6, 6.07) is 2.38. The second kappa shape index (κ2) is 9.45. The number of hydrogen-bond acceptors (Lipinski definition) is 5. The molecule has 3 aliphatic rings. The maximum absolute atomic E-state index is 14.2. The van der Waals surface area contributed by atoms with Crippen molar-refractivity contribution in [1.82, 2.24) is 25.4 Å². The molecule has 2 bridgehead atoms.